The van der Waals surface area contributed by atoms with Gasteiger partial charge in [-0.2, -0.15) is 0 Å². The molecular weight excluding hydrogens is 451 g/mol. The maximum absolute atomic E-state index is 12.5. The van der Waals surface area contributed by atoms with Crippen LogP contribution in [-0.4, -0.2) is 18.4 Å². The molecule has 0 radical (unpaired) electrons. The molecule has 7 heteroatoms. The Balaban J connectivity index is 0.00000306. The number of Topliss-reactive ketones (excluding diaryl/α,β-unsaturated/α-hetero) is 1. The molecule has 33 heavy (non-hydrogen) atoms. The number of rotatable bonds is 8. The summed E-state index contributed by atoms with van der Waals surface area (Å²) in [7, 11) is 0. The van der Waals surface area contributed by atoms with Crippen molar-refractivity contribution in [3.63, 3.8) is 0 Å². The largest absolute Gasteiger partial charge is 1.00 e. The Morgan fingerprint density at radius 2 is 1.79 bits per heavy atom. The quantitative estimate of drug-likeness (QED) is 0.431. The zero-order chi connectivity index (χ0) is 22.5. The third kappa shape index (κ3) is 6.75. The Hall–Kier alpha value is -1.53. The number of hydrogen-bond donors (Lipinski definition) is 0. The number of halogens is 1. The fourth-order valence-electron chi connectivity index (χ4n) is 4.72. The normalized spacial score (nSPS) is 17.9. The molecule has 0 bridgehead atoms. The molecule has 170 valence electrons. The summed E-state index contributed by atoms with van der Waals surface area (Å²) in [6.07, 6.45) is 9.65. The predicted octanol–water partition coefficient (Wildman–Crippen LogP) is 2.69. The van der Waals surface area contributed by atoms with Crippen LogP contribution in [-0.2, 0) is 4.79 Å². The van der Waals surface area contributed by atoms with Crippen LogP contribution in [0.2, 0.25) is 5.02 Å². The van der Waals surface area contributed by atoms with Crippen LogP contribution in [0, 0.1) is 5.92 Å². The van der Waals surface area contributed by atoms with E-state index in [0.717, 1.165) is 18.8 Å². The van der Waals surface area contributed by atoms with Crippen LogP contribution in [0.25, 0.3) is 0 Å². The Kier molecular flexibility index (Phi) is 9.69. The van der Waals surface area contributed by atoms with Gasteiger partial charge in [-0.15, -0.1) is 0 Å². The van der Waals surface area contributed by atoms with Crippen molar-refractivity contribution in [1.29, 1.82) is 0 Å². The molecule has 2 aromatic rings. The van der Waals surface area contributed by atoms with Crippen molar-refractivity contribution in [2.24, 2.45) is 5.92 Å². The van der Waals surface area contributed by atoms with Crippen molar-refractivity contribution in [1.82, 2.24) is 0 Å². The van der Waals surface area contributed by atoms with Gasteiger partial charge in [0.2, 0.25) is 0 Å². The molecule has 0 saturated heterocycles. The molecule has 1 aliphatic heterocycles. The predicted molar refractivity (Wildman–Crippen MR) is 121 cm³/mol. The van der Waals surface area contributed by atoms with Crippen molar-refractivity contribution in [3.8, 4) is 17.2 Å². The van der Waals surface area contributed by atoms with Crippen molar-refractivity contribution in [2.75, 3.05) is 6.61 Å². The number of carboxylic acids is 1. The minimum absolute atomic E-state index is 0. The van der Waals surface area contributed by atoms with E-state index in [1.807, 2.05) is 0 Å². The van der Waals surface area contributed by atoms with Gasteiger partial charge in [0.25, 0.3) is 0 Å². The van der Waals surface area contributed by atoms with Gasteiger partial charge in [-0.25, -0.2) is 0 Å². The third-order valence-electron chi connectivity index (χ3n) is 6.53. The van der Waals surface area contributed by atoms with Gasteiger partial charge in [0.1, 0.15) is 17.2 Å². The van der Waals surface area contributed by atoms with E-state index in [0.29, 0.717) is 52.8 Å². The van der Waals surface area contributed by atoms with E-state index in [2.05, 4.69) is 0 Å². The van der Waals surface area contributed by atoms with E-state index in [9.17, 15) is 14.7 Å². The van der Waals surface area contributed by atoms with E-state index in [4.69, 9.17) is 21.1 Å². The van der Waals surface area contributed by atoms with Gasteiger partial charge in [-0.05, 0) is 49.1 Å². The first-order valence-electron chi connectivity index (χ1n) is 11.5. The molecule has 1 unspecified atom stereocenters. The van der Waals surface area contributed by atoms with Gasteiger partial charge >= 0.3 is 29.6 Å². The van der Waals surface area contributed by atoms with E-state index >= 15 is 0 Å². The van der Waals surface area contributed by atoms with Crippen LogP contribution in [0.3, 0.4) is 0 Å². The zero-order valence-electron chi connectivity index (χ0n) is 19.1. The van der Waals surface area contributed by atoms with Crippen LogP contribution in [0.4, 0.5) is 0 Å². The number of ether oxygens (including phenoxy) is 2. The fraction of sp³-hybridized carbons (Fsp3) is 0.462. The minimum atomic E-state index is -1.14. The number of carbonyl (C=O) groups is 2. The van der Waals surface area contributed by atoms with Gasteiger partial charge < -0.3 is 19.4 Å². The topological polar surface area (TPSA) is 75.7 Å². The first-order chi connectivity index (χ1) is 15.5. The maximum atomic E-state index is 12.5. The molecule has 2 aliphatic rings. The molecule has 1 fully saturated rings. The summed E-state index contributed by atoms with van der Waals surface area (Å²) < 4.78 is 11.5. The van der Waals surface area contributed by atoms with Gasteiger partial charge in [-0.1, -0.05) is 50.1 Å². The molecular formula is C26H28ClNaO5. The molecule has 5 nitrogen and oxygen atoms in total. The number of benzene rings is 2. The Bertz CT molecular complexity index is 969. The molecule has 2 aromatic carbocycles. The summed E-state index contributed by atoms with van der Waals surface area (Å²) in [6, 6.07) is 10.2. The summed E-state index contributed by atoms with van der Waals surface area (Å²) in [5.41, 5.74) is 1.18. The van der Waals surface area contributed by atoms with Gasteiger partial charge in [-0.3, -0.25) is 4.79 Å². The molecule has 0 spiro atoms. The van der Waals surface area contributed by atoms with Gasteiger partial charge in [0, 0.05) is 35.5 Å². The first-order valence-corrected chi connectivity index (χ1v) is 11.9. The fourth-order valence-corrected chi connectivity index (χ4v) is 4.93. The van der Waals surface area contributed by atoms with Crippen LogP contribution in [0.15, 0.2) is 36.4 Å². The minimum Gasteiger partial charge on any atom is -0.549 e. The smallest absolute Gasteiger partial charge is 0.549 e. The SMILES string of the molecule is O=C(CCCC1CCCCC1)c1ccc(Oc2cc3c(cc2Cl)C(C(=O)[O-])CCO3)cc1.[Na+]. The second-order valence-corrected chi connectivity index (χ2v) is 9.18. The van der Waals surface area contributed by atoms with Crippen molar-refractivity contribution < 1.29 is 53.7 Å². The molecule has 0 amide bonds. The Labute approximate surface area is 222 Å². The summed E-state index contributed by atoms with van der Waals surface area (Å²) in [6.45, 7) is 0.296. The first kappa shape index (κ1) is 26.1. The summed E-state index contributed by atoms with van der Waals surface area (Å²) in [5.74, 6) is 0.413. The second-order valence-electron chi connectivity index (χ2n) is 8.78. The second kappa shape index (κ2) is 12.3. The van der Waals surface area contributed by atoms with Gasteiger partial charge in [0.05, 0.1) is 11.6 Å². The van der Waals surface area contributed by atoms with Crippen LogP contribution in [0.5, 0.6) is 17.2 Å². The monoisotopic (exact) mass is 478 g/mol. The number of ketones is 1. The van der Waals surface area contributed by atoms with Crippen molar-refractivity contribution in [3.05, 3.63) is 52.5 Å². The maximum Gasteiger partial charge on any atom is 1.00 e. The van der Waals surface area contributed by atoms with Gasteiger partial charge in [0.15, 0.2) is 5.78 Å². The van der Waals surface area contributed by atoms with Crippen molar-refractivity contribution >= 4 is 23.4 Å². The number of aliphatic carboxylic acids is 1. The summed E-state index contributed by atoms with van der Waals surface area (Å²) in [5, 5.41) is 11.7. The summed E-state index contributed by atoms with van der Waals surface area (Å²) >= 11 is 6.34. The number of carboxylic acid groups (broad SMARTS) is 1. The Morgan fingerprint density at radius 3 is 2.48 bits per heavy atom. The molecule has 1 atom stereocenters. The van der Waals surface area contributed by atoms with E-state index in [1.165, 1.54) is 32.1 Å². The number of hydrogen-bond acceptors (Lipinski definition) is 5. The van der Waals surface area contributed by atoms with Crippen LogP contribution >= 0.6 is 11.6 Å². The number of carbonyl (C=O) groups excluding carboxylic acids is 2. The van der Waals surface area contributed by atoms with E-state index in [-0.39, 0.29) is 35.3 Å². The van der Waals surface area contributed by atoms with Crippen molar-refractivity contribution in [2.45, 2.75) is 63.7 Å². The van der Waals surface area contributed by atoms with Crippen LogP contribution in [0.1, 0.15) is 79.6 Å². The zero-order valence-corrected chi connectivity index (χ0v) is 21.9. The van der Waals surface area contributed by atoms with E-state index < -0.39 is 11.9 Å². The molecule has 1 saturated carbocycles. The Morgan fingerprint density at radius 1 is 1.06 bits per heavy atom. The number of fused-ring (bicyclic) bond motifs is 1. The third-order valence-corrected chi connectivity index (χ3v) is 6.83. The molecule has 0 aromatic heterocycles. The molecule has 0 N–H and O–H groups in total. The standard InChI is InChI=1S/C26H29ClO5.Na/c27-22-15-21-20(26(29)30)13-14-31-24(21)16-25(22)32-19-11-9-18(10-12-19)23(28)8-4-7-17-5-2-1-3-6-17;/h9-12,15-17,20H,1-8,13-14H2,(H,29,30);/q;+1/p-1. The molecule has 1 heterocycles. The van der Waals surface area contributed by atoms with E-state index in [1.54, 1.807) is 36.4 Å². The van der Waals surface area contributed by atoms with Crippen LogP contribution < -0.4 is 44.1 Å². The molecule has 1 aliphatic carbocycles. The average molecular weight is 479 g/mol. The summed E-state index contributed by atoms with van der Waals surface area (Å²) in [4.78, 5) is 23.9. The average Bonchev–Trinajstić information content (AvgIpc) is 2.80. The molecule has 4 rings (SSSR count).